The number of hydrogen-bond donors (Lipinski definition) is 1. The molecule has 96 valence electrons. The van der Waals surface area contributed by atoms with Gasteiger partial charge in [0.25, 0.3) is 0 Å². The van der Waals surface area contributed by atoms with Crippen molar-refractivity contribution in [2.75, 3.05) is 5.32 Å². The van der Waals surface area contributed by atoms with Crippen LogP contribution >= 0.6 is 11.6 Å². The van der Waals surface area contributed by atoms with Gasteiger partial charge in [-0.25, -0.2) is 9.67 Å². The van der Waals surface area contributed by atoms with E-state index >= 15 is 0 Å². The Morgan fingerprint density at radius 3 is 2.67 bits per heavy atom. The highest BCUT2D eigenvalue weighted by Gasteiger charge is 2.14. The zero-order chi connectivity index (χ0) is 13.2. The Hall–Kier alpha value is -1.62. The topological polar surface area (TPSA) is 55.6 Å². The first-order valence-corrected chi connectivity index (χ1v) is 6.10. The van der Waals surface area contributed by atoms with Crippen LogP contribution in [0.25, 0.3) is 0 Å². The Kier molecular flexibility index (Phi) is 3.52. The highest BCUT2D eigenvalue weighted by atomic mass is 35.5. The van der Waals surface area contributed by atoms with Gasteiger partial charge in [0.05, 0.1) is 30.2 Å². The smallest absolute Gasteiger partial charge is 0.129 e. The second kappa shape index (κ2) is 4.94. The van der Waals surface area contributed by atoms with Gasteiger partial charge in [-0.2, -0.15) is 0 Å². The molecule has 0 unspecified atom stereocenters. The van der Waals surface area contributed by atoms with Crippen molar-refractivity contribution in [2.45, 2.75) is 32.9 Å². The van der Waals surface area contributed by atoms with Crippen molar-refractivity contribution in [3.63, 3.8) is 0 Å². The van der Waals surface area contributed by atoms with Crippen LogP contribution < -0.4 is 5.32 Å². The number of nitrogens with zero attached hydrogens (tertiary/aromatic N) is 4. The molecule has 1 N–H and O–H groups in total. The maximum Gasteiger partial charge on any atom is 0.129 e. The predicted molar refractivity (Wildman–Crippen MR) is 71.6 cm³/mol. The molecule has 0 amide bonds. The van der Waals surface area contributed by atoms with Crippen LogP contribution in [0.5, 0.6) is 0 Å². The van der Waals surface area contributed by atoms with Gasteiger partial charge in [0.2, 0.25) is 0 Å². The fourth-order valence-electron chi connectivity index (χ4n) is 1.38. The van der Waals surface area contributed by atoms with Crippen molar-refractivity contribution < 1.29 is 0 Å². The molecule has 0 aliphatic heterocycles. The highest BCUT2D eigenvalue weighted by Crippen LogP contribution is 2.13. The fraction of sp³-hybridized carbons (Fsp3) is 0.417. The number of aromatic nitrogens is 4. The quantitative estimate of drug-likeness (QED) is 0.867. The summed E-state index contributed by atoms with van der Waals surface area (Å²) in [4.78, 5) is 4.00. The van der Waals surface area contributed by atoms with Crippen molar-refractivity contribution in [3.8, 4) is 0 Å². The van der Waals surface area contributed by atoms with Crippen molar-refractivity contribution in [1.82, 2.24) is 20.0 Å². The maximum atomic E-state index is 5.72. The summed E-state index contributed by atoms with van der Waals surface area (Å²) in [7, 11) is 0. The molecule has 2 aromatic rings. The number of rotatable bonds is 3. The van der Waals surface area contributed by atoms with Gasteiger partial charge in [0, 0.05) is 0 Å². The minimum Gasteiger partial charge on any atom is -0.378 e. The SMILES string of the molecule is CC(C)(C)n1cc(CNc2ccc(Cl)nc2)nn1. The second-order valence-electron chi connectivity index (χ2n) is 5.05. The Morgan fingerprint density at radius 2 is 2.11 bits per heavy atom. The first-order chi connectivity index (χ1) is 8.45. The van der Waals surface area contributed by atoms with Crippen molar-refractivity contribution in [2.24, 2.45) is 0 Å². The van der Waals surface area contributed by atoms with Crippen LogP contribution in [-0.4, -0.2) is 20.0 Å². The summed E-state index contributed by atoms with van der Waals surface area (Å²) < 4.78 is 1.85. The van der Waals surface area contributed by atoms with E-state index < -0.39 is 0 Å². The normalized spacial score (nSPS) is 11.6. The lowest BCUT2D eigenvalue weighted by molar-refractivity contribution is 0.347. The summed E-state index contributed by atoms with van der Waals surface area (Å²) in [5, 5.41) is 11.9. The summed E-state index contributed by atoms with van der Waals surface area (Å²) in [5.74, 6) is 0. The molecule has 2 heterocycles. The minimum atomic E-state index is -0.0485. The number of anilines is 1. The Morgan fingerprint density at radius 1 is 1.33 bits per heavy atom. The van der Waals surface area contributed by atoms with E-state index in [-0.39, 0.29) is 5.54 Å². The molecule has 0 atom stereocenters. The lowest BCUT2D eigenvalue weighted by Crippen LogP contribution is -2.22. The standard InChI is InChI=1S/C12H16ClN5/c1-12(2,3)18-8-10(16-17-18)7-14-9-4-5-11(13)15-6-9/h4-6,8,14H,7H2,1-3H3. The Labute approximate surface area is 111 Å². The van der Waals surface area contributed by atoms with Crippen molar-refractivity contribution >= 4 is 17.3 Å². The van der Waals surface area contributed by atoms with Crippen LogP contribution in [0.2, 0.25) is 5.15 Å². The third-order valence-corrected chi connectivity index (χ3v) is 2.65. The predicted octanol–water partition coefficient (Wildman–Crippen LogP) is 2.69. The van der Waals surface area contributed by atoms with E-state index in [0.29, 0.717) is 11.7 Å². The second-order valence-corrected chi connectivity index (χ2v) is 5.44. The average Bonchev–Trinajstić information content (AvgIpc) is 2.77. The lowest BCUT2D eigenvalue weighted by Gasteiger charge is -2.17. The minimum absolute atomic E-state index is 0.0485. The van der Waals surface area contributed by atoms with Crippen LogP contribution in [0.15, 0.2) is 24.5 Å². The lowest BCUT2D eigenvalue weighted by atomic mass is 10.1. The summed E-state index contributed by atoms with van der Waals surface area (Å²) >= 11 is 5.72. The van der Waals surface area contributed by atoms with Crippen LogP contribution in [-0.2, 0) is 12.1 Å². The zero-order valence-corrected chi connectivity index (χ0v) is 11.4. The average molecular weight is 266 g/mol. The largest absolute Gasteiger partial charge is 0.378 e. The molecule has 0 fully saturated rings. The third kappa shape index (κ3) is 3.20. The Balaban J connectivity index is 1.98. The van der Waals surface area contributed by atoms with Crippen LogP contribution in [0.3, 0.4) is 0 Å². The molecular formula is C12H16ClN5. The van der Waals surface area contributed by atoms with E-state index in [1.54, 1.807) is 12.3 Å². The molecule has 0 aromatic carbocycles. The van der Waals surface area contributed by atoms with E-state index in [1.165, 1.54) is 0 Å². The first-order valence-electron chi connectivity index (χ1n) is 5.72. The van der Waals surface area contributed by atoms with Gasteiger partial charge in [0.1, 0.15) is 10.8 Å². The summed E-state index contributed by atoms with van der Waals surface area (Å²) in [5.41, 5.74) is 1.75. The highest BCUT2D eigenvalue weighted by molar-refractivity contribution is 6.29. The monoisotopic (exact) mass is 265 g/mol. The number of nitrogens with one attached hydrogen (secondary N) is 1. The van der Waals surface area contributed by atoms with Gasteiger partial charge in [0.15, 0.2) is 0 Å². The maximum absolute atomic E-state index is 5.72. The molecule has 0 bridgehead atoms. The van der Waals surface area contributed by atoms with Gasteiger partial charge >= 0.3 is 0 Å². The van der Waals surface area contributed by atoms with Crippen molar-refractivity contribution in [1.29, 1.82) is 0 Å². The molecular weight excluding hydrogens is 250 g/mol. The molecule has 0 aliphatic rings. The molecule has 6 heteroatoms. The molecule has 0 aliphatic carbocycles. The molecule has 0 saturated carbocycles. The van der Waals surface area contributed by atoms with E-state index in [2.05, 4.69) is 41.4 Å². The molecule has 18 heavy (non-hydrogen) atoms. The van der Waals surface area contributed by atoms with Gasteiger partial charge in [-0.05, 0) is 32.9 Å². The molecule has 5 nitrogen and oxygen atoms in total. The van der Waals surface area contributed by atoms with Gasteiger partial charge in [-0.15, -0.1) is 5.10 Å². The number of halogens is 1. The molecule has 2 rings (SSSR count). The Bertz CT molecular complexity index is 512. The first kappa shape index (κ1) is 12.8. The molecule has 0 spiro atoms. The molecule has 0 saturated heterocycles. The van der Waals surface area contributed by atoms with E-state index in [9.17, 15) is 0 Å². The zero-order valence-electron chi connectivity index (χ0n) is 10.7. The van der Waals surface area contributed by atoms with Crippen LogP contribution in [0, 0.1) is 0 Å². The van der Waals surface area contributed by atoms with Gasteiger partial charge in [-0.3, -0.25) is 0 Å². The van der Waals surface area contributed by atoms with Crippen LogP contribution in [0.1, 0.15) is 26.5 Å². The van der Waals surface area contributed by atoms with E-state index in [4.69, 9.17) is 11.6 Å². The van der Waals surface area contributed by atoms with E-state index in [0.717, 1.165) is 11.4 Å². The third-order valence-electron chi connectivity index (χ3n) is 2.43. The number of pyridine rings is 1. The van der Waals surface area contributed by atoms with E-state index in [1.807, 2.05) is 16.9 Å². The summed E-state index contributed by atoms with van der Waals surface area (Å²) in [6.45, 7) is 6.87. The van der Waals surface area contributed by atoms with Gasteiger partial charge in [-0.1, -0.05) is 16.8 Å². The van der Waals surface area contributed by atoms with Crippen molar-refractivity contribution in [3.05, 3.63) is 35.4 Å². The van der Waals surface area contributed by atoms with Crippen LogP contribution in [0.4, 0.5) is 5.69 Å². The number of hydrogen-bond acceptors (Lipinski definition) is 4. The van der Waals surface area contributed by atoms with Gasteiger partial charge < -0.3 is 5.32 Å². The molecule has 0 radical (unpaired) electrons. The summed E-state index contributed by atoms with van der Waals surface area (Å²) in [6.07, 6.45) is 3.63. The molecule has 2 aromatic heterocycles. The fourth-order valence-corrected chi connectivity index (χ4v) is 1.49. The summed E-state index contributed by atoms with van der Waals surface area (Å²) in [6, 6.07) is 3.62.